The summed E-state index contributed by atoms with van der Waals surface area (Å²) < 4.78 is 18.8. The molecule has 0 bridgehead atoms. The van der Waals surface area contributed by atoms with E-state index in [0.717, 1.165) is 44.8 Å². The standard InChI is InChI=1S/C21H26FN3OS/c22-19-8-6-18(7-9-19)20(25-12-14-26-15-13-25)16-24-21(27)23-11-10-17-4-2-1-3-5-17/h1-9,20H,10-16H2,(H2,23,24,27)/p+1/t20-/m1/s1. The fourth-order valence-electron chi connectivity index (χ4n) is 3.40. The molecule has 2 aromatic rings. The Kier molecular flexibility index (Phi) is 7.56. The maximum atomic E-state index is 13.3. The van der Waals surface area contributed by atoms with Crippen molar-refractivity contribution >= 4 is 17.3 Å². The number of ether oxygens (including phenoxy) is 1. The predicted octanol–water partition coefficient (Wildman–Crippen LogP) is 1.49. The lowest BCUT2D eigenvalue weighted by molar-refractivity contribution is -0.937. The summed E-state index contributed by atoms with van der Waals surface area (Å²) in [7, 11) is 0. The average Bonchev–Trinajstić information content (AvgIpc) is 2.71. The van der Waals surface area contributed by atoms with E-state index in [1.807, 2.05) is 30.3 Å². The van der Waals surface area contributed by atoms with Crippen molar-refractivity contribution in [3.63, 3.8) is 0 Å². The quantitative estimate of drug-likeness (QED) is 0.629. The lowest BCUT2D eigenvalue weighted by Gasteiger charge is -2.32. The first kappa shape index (κ1) is 19.7. The minimum atomic E-state index is -0.208. The maximum absolute atomic E-state index is 13.3. The van der Waals surface area contributed by atoms with Crippen LogP contribution in [0.15, 0.2) is 54.6 Å². The number of hydrogen-bond acceptors (Lipinski definition) is 2. The highest BCUT2D eigenvalue weighted by molar-refractivity contribution is 7.80. The Morgan fingerprint density at radius 2 is 1.74 bits per heavy atom. The van der Waals surface area contributed by atoms with Gasteiger partial charge in [-0.3, -0.25) is 0 Å². The largest absolute Gasteiger partial charge is 0.370 e. The van der Waals surface area contributed by atoms with E-state index in [4.69, 9.17) is 17.0 Å². The van der Waals surface area contributed by atoms with E-state index in [2.05, 4.69) is 22.8 Å². The lowest BCUT2D eigenvalue weighted by Crippen LogP contribution is -3.15. The van der Waals surface area contributed by atoms with Gasteiger partial charge in [-0.1, -0.05) is 42.5 Å². The van der Waals surface area contributed by atoms with E-state index in [9.17, 15) is 4.39 Å². The fourth-order valence-corrected chi connectivity index (χ4v) is 3.58. The smallest absolute Gasteiger partial charge is 0.166 e. The SMILES string of the molecule is Fc1ccc([C@@H](CNC(=S)NCCc2ccccc2)[NH+]2CCOCC2)cc1. The Balaban J connectivity index is 1.52. The number of halogens is 1. The van der Waals surface area contributed by atoms with E-state index in [1.54, 1.807) is 0 Å². The van der Waals surface area contributed by atoms with Gasteiger partial charge in [-0.05, 0) is 36.3 Å². The van der Waals surface area contributed by atoms with Crippen LogP contribution in [-0.2, 0) is 11.2 Å². The van der Waals surface area contributed by atoms with Crippen LogP contribution in [0.5, 0.6) is 0 Å². The zero-order valence-corrected chi connectivity index (χ0v) is 16.2. The van der Waals surface area contributed by atoms with Crippen molar-refractivity contribution in [2.75, 3.05) is 39.4 Å². The summed E-state index contributed by atoms with van der Waals surface area (Å²) in [5, 5.41) is 7.28. The number of quaternary nitrogens is 1. The van der Waals surface area contributed by atoms with Gasteiger partial charge < -0.3 is 20.3 Å². The van der Waals surface area contributed by atoms with Crippen molar-refractivity contribution in [2.24, 2.45) is 0 Å². The van der Waals surface area contributed by atoms with Crippen molar-refractivity contribution in [2.45, 2.75) is 12.5 Å². The van der Waals surface area contributed by atoms with Gasteiger partial charge >= 0.3 is 0 Å². The molecule has 27 heavy (non-hydrogen) atoms. The van der Waals surface area contributed by atoms with Crippen LogP contribution in [0.2, 0.25) is 0 Å². The zero-order chi connectivity index (χ0) is 18.9. The van der Waals surface area contributed by atoms with Crippen LogP contribution in [0.3, 0.4) is 0 Å². The average molecular weight is 389 g/mol. The van der Waals surface area contributed by atoms with Crippen molar-refractivity contribution < 1.29 is 14.0 Å². The van der Waals surface area contributed by atoms with Crippen molar-refractivity contribution in [1.82, 2.24) is 10.6 Å². The third-order valence-electron chi connectivity index (χ3n) is 4.91. The molecular formula is C21H27FN3OS+. The van der Waals surface area contributed by atoms with Crippen molar-refractivity contribution in [3.8, 4) is 0 Å². The molecule has 0 aliphatic carbocycles. The molecule has 0 aromatic heterocycles. The monoisotopic (exact) mass is 388 g/mol. The molecule has 1 heterocycles. The van der Waals surface area contributed by atoms with Gasteiger partial charge in [0.05, 0.1) is 19.8 Å². The topological polar surface area (TPSA) is 37.7 Å². The molecule has 4 nitrogen and oxygen atoms in total. The molecule has 6 heteroatoms. The van der Waals surface area contributed by atoms with Crippen LogP contribution in [0.25, 0.3) is 0 Å². The third kappa shape index (κ3) is 6.27. The van der Waals surface area contributed by atoms with Crippen LogP contribution in [0.1, 0.15) is 17.2 Å². The molecule has 3 rings (SSSR count). The molecule has 1 aliphatic heterocycles. The van der Waals surface area contributed by atoms with Crippen molar-refractivity contribution in [3.05, 3.63) is 71.5 Å². The minimum absolute atomic E-state index is 0.208. The van der Waals surface area contributed by atoms with Gasteiger partial charge in [0.1, 0.15) is 24.9 Å². The highest BCUT2D eigenvalue weighted by Gasteiger charge is 2.26. The van der Waals surface area contributed by atoms with Gasteiger partial charge in [0.15, 0.2) is 5.11 Å². The summed E-state index contributed by atoms with van der Waals surface area (Å²) in [6.45, 7) is 4.90. The van der Waals surface area contributed by atoms with E-state index in [0.29, 0.717) is 11.7 Å². The van der Waals surface area contributed by atoms with E-state index < -0.39 is 0 Å². The Morgan fingerprint density at radius 3 is 2.44 bits per heavy atom. The van der Waals surface area contributed by atoms with Crippen molar-refractivity contribution in [1.29, 1.82) is 0 Å². The van der Waals surface area contributed by atoms with Crippen LogP contribution < -0.4 is 15.5 Å². The second-order valence-electron chi connectivity index (χ2n) is 6.75. The van der Waals surface area contributed by atoms with Gasteiger partial charge in [0, 0.05) is 12.1 Å². The van der Waals surface area contributed by atoms with E-state index >= 15 is 0 Å². The molecule has 0 saturated carbocycles. The predicted molar refractivity (Wildman–Crippen MR) is 109 cm³/mol. The summed E-state index contributed by atoms with van der Waals surface area (Å²) in [5.74, 6) is -0.208. The van der Waals surface area contributed by atoms with Crippen LogP contribution >= 0.6 is 12.2 Å². The number of nitrogens with one attached hydrogen (secondary N) is 3. The Morgan fingerprint density at radius 1 is 1.04 bits per heavy atom. The first-order valence-electron chi connectivity index (χ1n) is 9.46. The molecule has 2 aromatic carbocycles. The van der Waals surface area contributed by atoms with E-state index in [-0.39, 0.29) is 11.9 Å². The molecule has 0 radical (unpaired) electrons. The van der Waals surface area contributed by atoms with Gasteiger partial charge in [-0.15, -0.1) is 0 Å². The molecule has 1 atom stereocenters. The van der Waals surface area contributed by atoms with Gasteiger partial charge in [-0.2, -0.15) is 0 Å². The molecule has 1 fully saturated rings. The Labute approximate surface area is 165 Å². The van der Waals surface area contributed by atoms with Crippen LogP contribution in [-0.4, -0.2) is 44.5 Å². The second-order valence-corrected chi connectivity index (χ2v) is 7.16. The molecular weight excluding hydrogens is 361 g/mol. The molecule has 0 amide bonds. The molecule has 0 unspecified atom stereocenters. The normalized spacial score (nSPS) is 15.9. The first-order chi connectivity index (χ1) is 13.2. The summed E-state index contributed by atoms with van der Waals surface area (Å²) >= 11 is 5.44. The number of hydrogen-bond donors (Lipinski definition) is 3. The van der Waals surface area contributed by atoms with Gasteiger partial charge in [0.2, 0.25) is 0 Å². The highest BCUT2D eigenvalue weighted by atomic mass is 32.1. The maximum Gasteiger partial charge on any atom is 0.166 e. The zero-order valence-electron chi connectivity index (χ0n) is 15.4. The van der Waals surface area contributed by atoms with Crippen LogP contribution in [0, 0.1) is 5.82 Å². The summed E-state index contributed by atoms with van der Waals surface area (Å²) in [6, 6.07) is 17.3. The molecule has 0 spiro atoms. The number of morpholine rings is 1. The van der Waals surface area contributed by atoms with Crippen LogP contribution in [0.4, 0.5) is 4.39 Å². The highest BCUT2D eigenvalue weighted by Crippen LogP contribution is 2.11. The lowest BCUT2D eigenvalue weighted by atomic mass is 10.0. The van der Waals surface area contributed by atoms with Gasteiger partial charge in [0.25, 0.3) is 0 Å². The molecule has 1 saturated heterocycles. The molecule has 144 valence electrons. The Bertz CT molecular complexity index is 705. The minimum Gasteiger partial charge on any atom is -0.370 e. The second kappa shape index (κ2) is 10.3. The van der Waals surface area contributed by atoms with Gasteiger partial charge in [-0.25, -0.2) is 4.39 Å². The third-order valence-corrected chi connectivity index (χ3v) is 5.20. The summed E-state index contributed by atoms with van der Waals surface area (Å²) in [5.41, 5.74) is 2.41. The summed E-state index contributed by atoms with van der Waals surface area (Å²) in [6.07, 6.45) is 0.929. The Hall–Kier alpha value is -2.02. The number of thiocarbonyl (C=S) groups is 1. The molecule has 3 N–H and O–H groups in total. The summed E-state index contributed by atoms with van der Waals surface area (Å²) in [4.78, 5) is 1.44. The number of benzene rings is 2. The fraction of sp³-hybridized carbons (Fsp3) is 0.381. The number of rotatable bonds is 7. The molecule has 1 aliphatic rings. The van der Waals surface area contributed by atoms with E-state index in [1.165, 1.54) is 22.6 Å². The first-order valence-corrected chi connectivity index (χ1v) is 9.86.